The van der Waals surface area contributed by atoms with Gasteiger partial charge in [0.1, 0.15) is 11.5 Å². The number of benzene rings is 2. The maximum absolute atomic E-state index is 10.5. The van der Waals surface area contributed by atoms with Crippen molar-refractivity contribution >= 4 is 17.3 Å². The van der Waals surface area contributed by atoms with E-state index in [1.54, 1.807) is 18.5 Å². The molecule has 0 amide bonds. The second kappa shape index (κ2) is 8.24. The third kappa shape index (κ3) is 3.51. The Bertz CT molecular complexity index is 1460. The number of likely N-dealkylation sites (N-methyl/N-ethyl adjacent to an activating group) is 1. The fourth-order valence-electron chi connectivity index (χ4n) is 5.17. The van der Waals surface area contributed by atoms with Gasteiger partial charge in [-0.25, -0.2) is 0 Å². The maximum Gasteiger partial charge on any atom is 0.185 e. The number of fused-ring (bicyclic) bond motifs is 5. The fourth-order valence-corrected chi connectivity index (χ4v) is 5.48. The van der Waals surface area contributed by atoms with Crippen LogP contribution in [-0.4, -0.2) is 68.7 Å². The highest BCUT2D eigenvalue weighted by Crippen LogP contribution is 2.40. The number of nitriles is 1. The summed E-state index contributed by atoms with van der Waals surface area (Å²) in [6.07, 6.45) is 1.33. The lowest BCUT2D eigenvalue weighted by molar-refractivity contribution is 0.114. The normalized spacial score (nSPS) is 18.7. The minimum atomic E-state index is -0.395. The highest BCUT2D eigenvalue weighted by atomic mass is 35.5. The smallest absolute Gasteiger partial charge is 0.185 e. The van der Waals surface area contributed by atoms with E-state index in [1.165, 1.54) is 0 Å². The zero-order chi connectivity index (χ0) is 24.3. The van der Waals surface area contributed by atoms with Gasteiger partial charge in [0.15, 0.2) is 5.82 Å². The molecule has 2 aromatic heterocycles. The van der Waals surface area contributed by atoms with E-state index in [0.29, 0.717) is 23.8 Å². The van der Waals surface area contributed by atoms with Crippen LogP contribution in [0.25, 0.3) is 28.3 Å². The predicted octanol–water partition coefficient (Wildman–Crippen LogP) is 3.40. The number of anilines is 1. The first-order chi connectivity index (χ1) is 16.9. The van der Waals surface area contributed by atoms with Crippen LogP contribution in [0.4, 0.5) is 5.69 Å². The lowest BCUT2D eigenvalue weighted by atomic mass is 10.1. The summed E-state index contributed by atoms with van der Waals surface area (Å²) in [6.45, 7) is 1.94. The minimum Gasteiger partial charge on any atom is -0.390 e. The Morgan fingerprint density at radius 1 is 1.11 bits per heavy atom. The lowest BCUT2D eigenvalue weighted by Crippen LogP contribution is -2.38. The summed E-state index contributed by atoms with van der Waals surface area (Å²) in [5.41, 5.74) is 6.49. The Morgan fingerprint density at radius 3 is 2.63 bits per heavy atom. The van der Waals surface area contributed by atoms with E-state index in [1.807, 2.05) is 36.9 Å². The molecule has 6 rings (SSSR count). The van der Waals surface area contributed by atoms with Crippen molar-refractivity contribution in [3.63, 3.8) is 0 Å². The zero-order valence-corrected chi connectivity index (χ0v) is 20.2. The molecule has 1 saturated heterocycles. The highest BCUT2D eigenvalue weighted by Gasteiger charge is 2.33. The first-order valence-corrected chi connectivity index (χ1v) is 11.8. The van der Waals surface area contributed by atoms with Crippen molar-refractivity contribution < 1.29 is 5.11 Å². The second-order valence-electron chi connectivity index (χ2n) is 9.35. The number of nitrogens with zero attached hydrogens (tertiary/aromatic N) is 7. The van der Waals surface area contributed by atoms with E-state index >= 15 is 0 Å². The van der Waals surface area contributed by atoms with Crippen LogP contribution in [0.2, 0.25) is 5.15 Å². The maximum atomic E-state index is 10.5. The van der Waals surface area contributed by atoms with E-state index in [2.05, 4.69) is 48.8 Å². The average Bonchev–Trinajstić information content (AvgIpc) is 3.55. The van der Waals surface area contributed by atoms with Gasteiger partial charge in [-0.2, -0.15) is 5.26 Å². The minimum absolute atomic E-state index is 0.0961. The van der Waals surface area contributed by atoms with Crippen LogP contribution < -0.4 is 4.90 Å². The highest BCUT2D eigenvalue weighted by molar-refractivity contribution is 6.32. The summed E-state index contributed by atoms with van der Waals surface area (Å²) >= 11 is 6.95. The second-order valence-corrected chi connectivity index (χ2v) is 9.71. The molecule has 4 aromatic rings. The van der Waals surface area contributed by atoms with Gasteiger partial charge in [-0.3, -0.25) is 4.57 Å². The van der Waals surface area contributed by atoms with E-state index < -0.39 is 6.10 Å². The Hall–Kier alpha value is -3.64. The van der Waals surface area contributed by atoms with Crippen molar-refractivity contribution in [3.8, 4) is 34.4 Å². The molecular weight excluding hydrogens is 462 g/mol. The molecule has 1 unspecified atom stereocenters. The zero-order valence-electron chi connectivity index (χ0n) is 19.4. The molecule has 0 spiro atoms. The van der Waals surface area contributed by atoms with Gasteiger partial charge in [0, 0.05) is 24.3 Å². The van der Waals surface area contributed by atoms with Gasteiger partial charge in [0.25, 0.3) is 0 Å². The number of rotatable bonds is 3. The average molecular weight is 486 g/mol. The third-order valence-corrected chi connectivity index (χ3v) is 7.48. The first kappa shape index (κ1) is 21.9. The molecule has 0 aliphatic carbocycles. The van der Waals surface area contributed by atoms with Crippen molar-refractivity contribution in [3.05, 3.63) is 71.1 Å². The third-order valence-electron chi connectivity index (χ3n) is 7.07. The largest absolute Gasteiger partial charge is 0.390 e. The van der Waals surface area contributed by atoms with Crippen molar-refractivity contribution in [1.29, 1.82) is 5.26 Å². The fraction of sp³-hybridized carbons (Fsp3) is 0.269. The van der Waals surface area contributed by atoms with Gasteiger partial charge >= 0.3 is 0 Å². The van der Waals surface area contributed by atoms with Gasteiger partial charge in [0.2, 0.25) is 0 Å². The molecule has 0 radical (unpaired) electrons. The van der Waals surface area contributed by atoms with Crippen molar-refractivity contribution in [2.24, 2.45) is 0 Å². The van der Waals surface area contributed by atoms with E-state index in [4.69, 9.17) is 16.9 Å². The van der Waals surface area contributed by atoms with Gasteiger partial charge in [-0.1, -0.05) is 23.7 Å². The predicted molar refractivity (Wildman–Crippen MR) is 135 cm³/mol. The SMILES string of the molecule is CN(C)C1CN(c2ccc3c(c2)Cn2c(cc(-c4ccc(C#N)cc4)c2Cl)-c2nncn2-3)C[C@H]1O. The summed E-state index contributed by atoms with van der Waals surface area (Å²) in [5.74, 6) is 0.725. The lowest BCUT2D eigenvalue weighted by Gasteiger charge is -2.23. The van der Waals surface area contributed by atoms with Crippen LogP contribution in [0.1, 0.15) is 11.1 Å². The molecule has 0 bridgehead atoms. The molecule has 8 nitrogen and oxygen atoms in total. The molecule has 2 aliphatic rings. The van der Waals surface area contributed by atoms with Crippen LogP contribution in [0.15, 0.2) is 54.9 Å². The summed E-state index contributed by atoms with van der Waals surface area (Å²) in [6, 6.07) is 18.1. The van der Waals surface area contributed by atoms with Gasteiger partial charge in [0.05, 0.1) is 41.7 Å². The van der Waals surface area contributed by atoms with Crippen LogP contribution in [0.5, 0.6) is 0 Å². The number of hydrogen-bond acceptors (Lipinski definition) is 6. The van der Waals surface area contributed by atoms with Crippen molar-refractivity contribution in [2.45, 2.75) is 18.7 Å². The standard InChI is InChI=1S/C26H24ClN7O/c1-31(2)23-13-32(14-24(23)35)19-7-8-21-18(9-19)12-33-22(26-30-29-15-34(21)26)10-20(25(33)27)17-5-3-16(11-28)4-6-17/h3-10,15,23-24,35H,12-14H2,1-2H3/t23?,24-/m1/s1. The van der Waals surface area contributed by atoms with Crippen molar-refractivity contribution in [2.75, 3.05) is 32.1 Å². The van der Waals surface area contributed by atoms with E-state index in [9.17, 15) is 5.11 Å². The molecule has 1 N–H and O–H groups in total. The molecule has 2 atom stereocenters. The summed E-state index contributed by atoms with van der Waals surface area (Å²) in [4.78, 5) is 4.31. The number of aliphatic hydroxyl groups excluding tert-OH is 1. The Morgan fingerprint density at radius 2 is 1.91 bits per heavy atom. The van der Waals surface area contributed by atoms with Crippen LogP contribution in [-0.2, 0) is 6.54 Å². The monoisotopic (exact) mass is 485 g/mol. The Labute approximate surface area is 208 Å². The summed E-state index contributed by atoms with van der Waals surface area (Å²) in [7, 11) is 4.01. The molecular formula is C26H24ClN7O. The molecule has 35 heavy (non-hydrogen) atoms. The molecule has 2 aliphatic heterocycles. The quantitative estimate of drug-likeness (QED) is 0.421. The molecule has 4 heterocycles. The number of hydrogen-bond donors (Lipinski definition) is 1. The summed E-state index contributed by atoms with van der Waals surface area (Å²) in [5, 5.41) is 28.9. The number of aliphatic hydroxyl groups is 1. The molecule has 9 heteroatoms. The summed E-state index contributed by atoms with van der Waals surface area (Å²) < 4.78 is 4.06. The van der Waals surface area contributed by atoms with Crippen molar-refractivity contribution in [1.82, 2.24) is 24.2 Å². The van der Waals surface area contributed by atoms with Crippen LogP contribution in [0, 0.1) is 11.3 Å². The molecule has 176 valence electrons. The van der Waals surface area contributed by atoms with E-state index in [0.717, 1.165) is 46.1 Å². The Balaban J connectivity index is 1.43. The van der Waals surface area contributed by atoms with Crippen LogP contribution >= 0.6 is 11.6 Å². The number of β-amino-alcohol motifs (C(OH)–C–C–N with tert-alkyl or cyclic N) is 1. The number of halogens is 1. The molecule has 0 saturated carbocycles. The van der Waals surface area contributed by atoms with Gasteiger partial charge in [-0.05, 0) is 61.6 Å². The first-order valence-electron chi connectivity index (χ1n) is 11.5. The Kier molecular flexibility index (Phi) is 5.15. The number of aromatic nitrogens is 4. The van der Waals surface area contributed by atoms with Gasteiger partial charge < -0.3 is 19.5 Å². The topological polar surface area (TPSA) is 86.1 Å². The van der Waals surface area contributed by atoms with Gasteiger partial charge in [-0.15, -0.1) is 10.2 Å². The molecule has 1 fully saturated rings. The molecule has 2 aromatic carbocycles. The van der Waals surface area contributed by atoms with Crippen LogP contribution in [0.3, 0.4) is 0 Å². The van der Waals surface area contributed by atoms with E-state index in [-0.39, 0.29) is 6.04 Å².